The Morgan fingerprint density at radius 2 is 2.00 bits per heavy atom. The van der Waals surface area contributed by atoms with Gasteiger partial charge in [0.2, 0.25) is 0 Å². The number of nitrogen functional groups attached to an aromatic ring is 1. The first-order valence-electron chi connectivity index (χ1n) is 6.75. The number of hydrogen-bond acceptors (Lipinski definition) is 3. The average molecular weight is 273 g/mol. The highest BCUT2D eigenvalue weighted by Gasteiger charge is 2.19. The maximum atomic E-state index is 13.8. The lowest BCUT2D eigenvalue weighted by atomic mass is 9.94. The Kier molecular flexibility index (Phi) is 4.35. The quantitative estimate of drug-likeness (QED) is 0.900. The maximum Gasteiger partial charge on any atom is 0.128 e. The molecule has 2 rings (SSSR count). The molecular weight excluding hydrogens is 253 g/mol. The number of pyridine rings is 1. The first kappa shape index (κ1) is 14.5. The number of anilines is 1. The van der Waals surface area contributed by atoms with Crippen molar-refractivity contribution in [3.05, 3.63) is 58.5 Å². The lowest BCUT2D eigenvalue weighted by molar-refractivity contribution is 0.596. The monoisotopic (exact) mass is 273 g/mol. The van der Waals surface area contributed by atoms with Crippen LogP contribution in [0.5, 0.6) is 0 Å². The third kappa shape index (κ3) is 2.80. The van der Waals surface area contributed by atoms with E-state index in [2.05, 4.69) is 10.3 Å². The number of aryl methyl sites for hydroxylation is 2. The molecule has 0 bridgehead atoms. The molecule has 0 aliphatic heterocycles. The van der Waals surface area contributed by atoms with E-state index in [1.807, 2.05) is 26.0 Å². The van der Waals surface area contributed by atoms with Crippen molar-refractivity contribution < 1.29 is 4.39 Å². The van der Waals surface area contributed by atoms with Crippen molar-refractivity contribution >= 4 is 5.82 Å². The first-order valence-corrected chi connectivity index (χ1v) is 6.75. The van der Waals surface area contributed by atoms with Gasteiger partial charge in [0.05, 0.1) is 6.04 Å². The molecule has 1 aromatic heterocycles. The van der Waals surface area contributed by atoms with Gasteiger partial charge in [-0.2, -0.15) is 0 Å². The Bertz CT molecular complexity index is 590. The highest BCUT2D eigenvalue weighted by molar-refractivity contribution is 5.50. The number of hydrogen-bond donors (Lipinski definition) is 2. The van der Waals surface area contributed by atoms with Crippen LogP contribution in [0.4, 0.5) is 10.2 Å². The molecule has 0 amide bonds. The van der Waals surface area contributed by atoms with Gasteiger partial charge in [-0.3, -0.25) is 0 Å². The number of benzene rings is 1. The summed E-state index contributed by atoms with van der Waals surface area (Å²) in [6.45, 7) is 6.51. The normalized spacial score (nSPS) is 12.4. The summed E-state index contributed by atoms with van der Waals surface area (Å²) >= 11 is 0. The Balaban J connectivity index is 2.53. The summed E-state index contributed by atoms with van der Waals surface area (Å²) in [6.07, 6.45) is 1.69. The van der Waals surface area contributed by atoms with E-state index in [1.54, 1.807) is 25.3 Å². The van der Waals surface area contributed by atoms with Crippen LogP contribution in [0.25, 0.3) is 0 Å². The van der Waals surface area contributed by atoms with E-state index >= 15 is 0 Å². The molecule has 0 spiro atoms. The van der Waals surface area contributed by atoms with Crippen LogP contribution in [0.3, 0.4) is 0 Å². The molecule has 106 valence electrons. The van der Waals surface area contributed by atoms with Crippen LogP contribution < -0.4 is 11.1 Å². The van der Waals surface area contributed by atoms with E-state index in [1.165, 1.54) is 0 Å². The van der Waals surface area contributed by atoms with Crippen molar-refractivity contribution in [2.45, 2.75) is 26.8 Å². The molecule has 0 aliphatic carbocycles. The molecule has 0 saturated carbocycles. The van der Waals surface area contributed by atoms with Gasteiger partial charge in [-0.25, -0.2) is 9.37 Å². The maximum absolute atomic E-state index is 13.8. The number of halogens is 1. The Morgan fingerprint density at radius 3 is 2.60 bits per heavy atom. The van der Waals surface area contributed by atoms with Crippen LogP contribution in [-0.2, 0) is 0 Å². The fourth-order valence-corrected chi connectivity index (χ4v) is 2.35. The van der Waals surface area contributed by atoms with Crippen molar-refractivity contribution in [2.75, 3.05) is 12.3 Å². The van der Waals surface area contributed by atoms with Gasteiger partial charge in [0.25, 0.3) is 0 Å². The molecule has 0 aliphatic rings. The second-order valence-corrected chi connectivity index (χ2v) is 4.93. The molecule has 1 unspecified atom stereocenters. The standard InChI is InChI=1S/C16H20FN3/c1-4-19-15(12-6-5-10(2)13(17)9-12)14-11(3)7-8-20-16(14)18/h5-9,15,19H,4H2,1-3H3,(H2,18,20). The van der Waals surface area contributed by atoms with Gasteiger partial charge in [-0.15, -0.1) is 0 Å². The first-order chi connectivity index (χ1) is 9.54. The second-order valence-electron chi connectivity index (χ2n) is 4.93. The van der Waals surface area contributed by atoms with Gasteiger partial charge in [-0.05, 0) is 49.2 Å². The van der Waals surface area contributed by atoms with Gasteiger partial charge < -0.3 is 11.1 Å². The molecule has 1 heterocycles. The van der Waals surface area contributed by atoms with Crippen molar-refractivity contribution in [3.63, 3.8) is 0 Å². The largest absolute Gasteiger partial charge is 0.383 e. The van der Waals surface area contributed by atoms with Crippen molar-refractivity contribution in [3.8, 4) is 0 Å². The number of nitrogens with zero attached hydrogens (tertiary/aromatic N) is 1. The van der Waals surface area contributed by atoms with Crippen LogP contribution >= 0.6 is 0 Å². The van der Waals surface area contributed by atoms with E-state index in [0.717, 1.165) is 23.2 Å². The van der Waals surface area contributed by atoms with Crippen LogP contribution in [0.2, 0.25) is 0 Å². The molecule has 1 atom stereocenters. The fraction of sp³-hybridized carbons (Fsp3) is 0.312. The SMILES string of the molecule is CCNC(c1ccc(C)c(F)c1)c1c(C)ccnc1N. The van der Waals surface area contributed by atoms with Crippen LogP contribution in [0.1, 0.15) is 35.2 Å². The lowest BCUT2D eigenvalue weighted by Crippen LogP contribution is -2.24. The third-order valence-electron chi connectivity index (χ3n) is 3.47. The Labute approximate surface area is 119 Å². The zero-order chi connectivity index (χ0) is 14.7. The minimum Gasteiger partial charge on any atom is -0.383 e. The minimum absolute atomic E-state index is 0.149. The molecule has 1 aromatic carbocycles. The van der Waals surface area contributed by atoms with E-state index < -0.39 is 0 Å². The molecule has 0 radical (unpaired) electrons. The molecule has 20 heavy (non-hydrogen) atoms. The highest BCUT2D eigenvalue weighted by atomic mass is 19.1. The summed E-state index contributed by atoms with van der Waals surface area (Å²) < 4.78 is 13.8. The molecule has 4 heteroatoms. The summed E-state index contributed by atoms with van der Waals surface area (Å²) in [5.74, 6) is 0.280. The highest BCUT2D eigenvalue weighted by Crippen LogP contribution is 2.29. The smallest absolute Gasteiger partial charge is 0.128 e. The van der Waals surface area contributed by atoms with Crippen LogP contribution in [0, 0.1) is 19.7 Å². The zero-order valence-corrected chi connectivity index (χ0v) is 12.1. The molecule has 0 fully saturated rings. The lowest BCUT2D eigenvalue weighted by Gasteiger charge is -2.22. The third-order valence-corrected chi connectivity index (χ3v) is 3.47. The summed E-state index contributed by atoms with van der Waals surface area (Å²) in [4.78, 5) is 4.15. The van der Waals surface area contributed by atoms with E-state index in [9.17, 15) is 4.39 Å². The summed E-state index contributed by atoms with van der Waals surface area (Å²) in [6, 6.07) is 7.05. The second kappa shape index (κ2) is 6.01. The topological polar surface area (TPSA) is 50.9 Å². The van der Waals surface area contributed by atoms with Crippen LogP contribution in [0.15, 0.2) is 30.5 Å². The number of rotatable bonds is 4. The van der Waals surface area contributed by atoms with Crippen LogP contribution in [-0.4, -0.2) is 11.5 Å². The molecule has 3 N–H and O–H groups in total. The molecule has 0 saturated heterocycles. The Hall–Kier alpha value is -1.94. The number of nitrogens with one attached hydrogen (secondary N) is 1. The predicted molar refractivity (Wildman–Crippen MR) is 80.0 cm³/mol. The van der Waals surface area contributed by atoms with Gasteiger partial charge in [-0.1, -0.05) is 19.1 Å². The predicted octanol–water partition coefficient (Wildman–Crippen LogP) is 3.12. The average Bonchev–Trinajstić information content (AvgIpc) is 2.41. The van der Waals surface area contributed by atoms with Crippen molar-refractivity contribution in [1.82, 2.24) is 10.3 Å². The Morgan fingerprint density at radius 1 is 1.25 bits per heavy atom. The van der Waals surface area contributed by atoms with Gasteiger partial charge in [0.15, 0.2) is 0 Å². The molecular formula is C16H20FN3. The van der Waals surface area contributed by atoms with Crippen molar-refractivity contribution in [2.24, 2.45) is 0 Å². The minimum atomic E-state index is -0.203. The van der Waals surface area contributed by atoms with Gasteiger partial charge in [0, 0.05) is 11.8 Å². The molecule has 3 nitrogen and oxygen atoms in total. The summed E-state index contributed by atoms with van der Waals surface area (Å²) in [7, 11) is 0. The number of nitrogens with two attached hydrogens (primary N) is 1. The van der Waals surface area contributed by atoms with E-state index in [0.29, 0.717) is 11.4 Å². The van der Waals surface area contributed by atoms with Gasteiger partial charge >= 0.3 is 0 Å². The number of aromatic nitrogens is 1. The molecule has 2 aromatic rings. The van der Waals surface area contributed by atoms with Gasteiger partial charge in [0.1, 0.15) is 11.6 Å². The van der Waals surface area contributed by atoms with E-state index in [-0.39, 0.29) is 11.9 Å². The fourth-order valence-electron chi connectivity index (χ4n) is 2.35. The van der Waals surface area contributed by atoms with Crippen molar-refractivity contribution in [1.29, 1.82) is 0 Å². The summed E-state index contributed by atoms with van der Waals surface area (Å²) in [5, 5.41) is 3.36. The zero-order valence-electron chi connectivity index (χ0n) is 12.1. The summed E-state index contributed by atoms with van der Waals surface area (Å²) in [5.41, 5.74) is 9.47. The van der Waals surface area contributed by atoms with E-state index in [4.69, 9.17) is 5.73 Å².